The SMILES string of the molecule is O=C(O)CCCn1c(O)c(\C=c2/cccc/c2=C\C=N\c2nc(-c3ccccc3)cs2)sc1=S. The predicted molar refractivity (Wildman–Crippen MR) is 141 cm³/mol. The van der Waals surface area contributed by atoms with Crippen LogP contribution in [0, 0.1) is 3.95 Å². The maximum Gasteiger partial charge on any atom is 0.303 e. The molecule has 0 aliphatic carbocycles. The third-order valence-electron chi connectivity index (χ3n) is 4.95. The van der Waals surface area contributed by atoms with Crippen molar-refractivity contribution >= 4 is 64.4 Å². The van der Waals surface area contributed by atoms with Crippen LogP contribution in [0.15, 0.2) is 65.0 Å². The molecule has 0 aliphatic heterocycles. The molecular weight excluding hydrogens is 486 g/mol. The predicted octanol–water partition coefficient (Wildman–Crippen LogP) is 4.98. The average molecular weight is 508 g/mol. The lowest BCUT2D eigenvalue weighted by Crippen LogP contribution is -2.23. The second kappa shape index (κ2) is 11.1. The molecule has 0 spiro atoms. The van der Waals surface area contributed by atoms with Crippen LogP contribution in [0.1, 0.15) is 17.7 Å². The molecule has 2 aromatic heterocycles. The Labute approximate surface area is 209 Å². The van der Waals surface area contributed by atoms with Gasteiger partial charge in [0.25, 0.3) is 0 Å². The van der Waals surface area contributed by atoms with Crippen molar-refractivity contribution in [3.63, 3.8) is 0 Å². The fourth-order valence-electron chi connectivity index (χ4n) is 3.28. The Balaban J connectivity index is 1.58. The van der Waals surface area contributed by atoms with Gasteiger partial charge in [0.2, 0.25) is 11.0 Å². The van der Waals surface area contributed by atoms with Gasteiger partial charge in [0, 0.05) is 30.1 Å². The summed E-state index contributed by atoms with van der Waals surface area (Å²) in [7, 11) is 0. The smallest absolute Gasteiger partial charge is 0.303 e. The molecule has 0 bridgehead atoms. The summed E-state index contributed by atoms with van der Waals surface area (Å²) < 4.78 is 2.09. The zero-order valence-corrected chi connectivity index (χ0v) is 20.4. The van der Waals surface area contributed by atoms with Crippen LogP contribution in [-0.2, 0) is 11.3 Å². The molecule has 2 aromatic carbocycles. The first-order chi connectivity index (χ1) is 16.5. The van der Waals surface area contributed by atoms with Crippen LogP contribution in [0.5, 0.6) is 5.88 Å². The average Bonchev–Trinajstić information content (AvgIpc) is 3.41. The number of carbonyl (C=O) groups is 1. The molecule has 34 heavy (non-hydrogen) atoms. The number of hydrogen-bond donors (Lipinski definition) is 2. The van der Waals surface area contributed by atoms with Crippen molar-refractivity contribution in [3.05, 3.63) is 79.2 Å². The van der Waals surface area contributed by atoms with E-state index in [1.54, 1.807) is 10.8 Å². The fraction of sp³-hybridized carbons (Fsp3) is 0.120. The lowest BCUT2D eigenvalue weighted by molar-refractivity contribution is -0.137. The molecule has 0 fully saturated rings. The first-order valence-electron chi connectivity index (χ1n) is 10.5. The second-order valence-corrected chi connectivity index (χ2v) is 9.82. The minimum absolute atomic E-state index is 0.0270. The van der Waals surface area contributed by atoms with Gasteiger partial charge in [-0.05, 0) is 41.2 Å². The van der Waals surface area contributed by atoms with Gasteiger partial charge in [0.1, 0.15) is 0 Å². The summed E-state index contributed by atoms with van der Waals surface area (Å²) >= 11 is 8.14. The van der Waals surface area contributed by atoms with Crippen LogP contribution in [0.25, 0.3) is 23.4 Å². The van der Waals surface area contributed by atoms with E-state index in [4.69, 9.17) is 17.3 Å². The highest BCUT2D eigenvalue weighted by atomic mass is 32.1. The number of carboxylic acids is 1. The largest absolute Gasteiger partial charge is 0.493 e. The number of benzene rings is 2. The van der Waals surface area contributed by atoms with E-state index in [1.807, 2.05) is 72.1 Å². The van der Waals surface area contributed by atoms with Crippen molar-refractivity contribution in [2.24, 2.45) is 4.99 Å². The standard InChI is InChI=1S/C25H21N3O3S3/c29-22(30)11-6-14-28-23(31)21(34-25(28)32)15-19-10-5-4-7-17(19)12-13-26-24-27-20(16-33-24)18-8-2-1-3-9-18/h1-5,7-10,12-13,15-16,31H,6,11,14H2,(H,29,30)/b17-12+,19-15+,26-13+. The lowest BCUT2D eigenvalue weighted by Gasteiger charge is -2.02. The zero-order valence-electron chi connectivity index (χ0n) is 18.0. The highest BCUT2D eigenvalue weighted by molar-refractivity contribution is 7.73. The number of thiazole rings is 2. The van der Waals surface area contributed by atoms with Crippen molar-refractivity contribution in [2.45, 2.75) is 19.4 Å². The maximum atomic E-state index is 10.8. The van der Waals surface area contributed by atoms with Gasteiger partial charge >= 0.3 is 5.97 Å². The molecule has 4 aromatic rings. The highest BCUT2D eigenvalue weighted by Crippen LogP contribution is 2.27. The molecule has 6 nitrogen and oxygen atoms in total. The van der Waals surface area contributed by atoms with Crippen molar-refractivity contribution < 1.29 is 15.0 Å². The van der Waals surface area contributed by atoms with E-state index < -0.39 is 5.97 Å². The van der Waals surface area contributed by atoms with E-state index in [-0.39, 0.29) is 12.3 Å². The van der Waals surface area contributed by atoms with Gasteiger partial charge in [0.05, 0.1) is 10.6 Å². The van der Waals surface area contributed by atoms with Crippen LogP contribution < -0.4 is 10.4 Å². The summed E-state index contributed by atoms with van der Waals surface area (Å²) in [5, 5.41) is 24.0. The second-order valence-electron chi connectivity index (χ2n) is 7.30. The van der Waals surface area contributed by atoms with Crippen molar-refractivity contribution in [2.75, 3.05) is 0 Å². The molecule has 0 saturated carbocycles. The van der Waals surface area contributed by atoms with Gasteiger partial charge in [-0.2, -0.15) is 0 Å². The molecule has 0 amide bonds. The molecule has 4 rings (SSSR count). The van der Waals surface area contributed by atoms with Crippen molar-refractivity contribution in [1.29, 1.82) is 0 Å². The maximum absolute atomic E-state index is 10.8. The van der Waals surface area contributed by atoms with E-state index in [9.17, 15) is 9.90 Å². The summed E-state index contributed by atoms with van der Waals surface area (Å²) in [4.78, 5) is 20.4. The monoisotopic (exact) mass is 507 g/mol. The van der Waals surface area contributed by atoms with Crippen LogP contribution in [0.3, 0.4) is 0 Å². The van der Waals surface area contributed by atoms with E-state index in [2.05, 4.69) is 9.98 Å². The Morgan fingerprint density at radius 1 is 1.12 bits per heavy atom. The van der Waals surface area contributed by atoms with Crippen LogP contribution in [0.2, 0.25) is 0 Å². The molecule has 9 heteroatoms. The number of aliphatic imine (C=N–C) groups is 1. The summed E-state index contributed by atoms with van der Waals surface area (Å²) in [5.41, 5.74) is 1.96. The molecule has 0 unspecified atom stereocenters. The van der Waals surface area contributed by atoms with E-state index in [0.29, 0.717) is 26.9 Å². The number of aromatic hydroxyl groups is 1. The van der Waals surface area contributed by atoms with E-state index >= 15 is 0 Å². The number of aliphatic carboxylic acids is 1. The molecule has 0 radical (unpaired) electrons. The lowest BCUT2D eigenvalue weighted by atomic mass is 10.2. The van der Waals surface area contributed by atoms with Gasteiger partial charge in [-0.3, -0.25) is 9.36 Å². The van der Waals surface area contributed by atoms with Gasteiger partial charge in [0.15, 0.2) is 3.95 Å². The number of rotatable bonds is 8. The Morgan fingerprint density at radius 3 is 2.62 bits per heavy atom. The Morgan fingerprint density at radius 2 is 1.85 bits per heavy atom. The third-order valence-corrected chi connectivity index (χ3v) is 7.08. The Bertz CT molecular complexity index is 1500. The minimum atomic E-state index is -0.867. The Hall–Kier alpha value is -3.40. The van der Waals surface area contributed by atoms with Crippen molar-refractivity contribution in [1.82, 2.24) is 9.55 Å². The Kier molecular flexibility index (Phi) is 7.79. The minimum Gasteiger partial charge on any atom is -0.493 e. The quantitative estimate of drug-likeness (QED) is 0.259. The number of carboxylic acid groups (broad SMARTS) is 1. The topological polar surface area (TPSA) is 87.7 Å². The summed E-state index contributed by atoms with van der Waals surface area (Å²) in [6, 6.07) is 17.8. The van der Waals surface area contributed by atoms with Gasteiger partial charge < -0.3 is 10.2 Å². The number of aromatic nitrogens is 2. The van der Waals surface area contributed by atoms with Gasteiger partial charge in [-0.25, -0.2) is 9.98 Å². The fourth-order valence-corrected chi connectivity index (χ4v) is 5.26. The zero-order chi connectivity index (χ0) is 23.9. The van der Waals surface area contributed by atoms with Gasteiger partial charge in [-0.15, -0.1) is 22.7 Å². The van der Waals surface area contributed by atoms with E-state index in [0.717, 1.165) is 21.7 Å². The first-order valence-corrected chi connectivity index (χ1v) is 12.6. The summed E-state index contributed by atoms with van der Waals surface area (Å²) in [6.07, 6.45) is 5.92. The molecule has 0 atom stereocenters. The normalized spacial score (nSPS) is 12.6. The third kappa shape index (κ3) is 5.93. The molecular formula is C25H21N3O3S3. The van der Waals surface area contributed by atoms with Crippen LogP contribution >= 0.6 is 34.9 Å². The molecule has 0 saturated heterocycles. The first kappa shape index (κ1) is 23.7. The van der Waals surface area contributed by atoms with Crippen LogP contribution in [-0.4, -0.2) is 31.9 Å². The molecule has 2 N–H and O–H groups in total. The van der Waals surface area contributed by atoms with Crippen molar-refractivity contribution in [3.8, 4) is 17.1 Å². The molecule has 172 valence electrons. The molecule has 2 heterocycles. The highest BCUT2D eigenvalue weighted by Gasteiger charge is 2.10. The number of hydrogen-bond acceptors (Lipinski definition) is 7. The van der Waals surface area contributed by atoms with E-state index in [1.165, 1.54) is 22.7 Å². The summed E-state index contributed by atoms with van der Waals surface area (Å²) in [5.74, 6) is -0.812. The van der Waals surface area contributed by atoms with Crippen LogP contribution in [0.4, 0.5) is 5.13 Å². The number of nitrogens with zero attached hydrogens (tertiary/aromatic N) is 3. The summed E-state index contributed by atoms with van der Waals surface area (Å²) in [6.45, 7) is 0.362. The molecule has 0 aliphatic rings. The van der Waals surface area contributed by atoms with Gasteiger partial charge in [-0.1, -0.05) is 54.6 Å².